The number of carbonyl (C=O) groups excluding carboxylic acids is 2. The summed E-state index contributed by atoms with van der Waals surface area (Å²) in [5, 5.41) is 2.74. The third kappa shape index (κ3) is 4.40. The normalized spacial score (nSPS) is 21.4. The van der Waals surface area contributed by atoms with Crippen molar-refractivity contribution in [2.24, 2.45) is 5.73 Å². The molecule has 2 amide bonds. The highest BCUT2D eigenvalue weighted by atomic mass is 35.5. The van der Waals surface area contributed by atoms with Gasteiger partial charge in [0.05, 0.1) is 29.3 Å². The summed E-state index contributed by atoms with van der Waals surface area (Å²) in [5.41, 5.74) is 5.20. The highest BCUT2D eigenvalue weighted by molar-refractivity contribution is 6.33. The van der Waals surface area contributed by atoms with Gasteiger partial charge in [-0.3, -0.25) is 9.59 Å². The molecule has 1 aliphatic heterocycles. The summed E-state index contributed by atoms with van der Waals surface area (Å²) in [6.07, 6.45) is 0.138. The molecular weight excluding hydrogens is 315 g/mol. The van der Waals surface area contributed by atoms with Crippen molar-refractivity contribution in [3.05, 3.63) is 34.6 Å². The quantitative estimate of drug-likeness (QED) is 0.838. The Balaban J connectivity index is 2.02. The van der Waals surface area contributed by atoms with Crippen LogP contribution in [0.15, 0.2) is 18.2 Å². The molecule has 0 spiro atoms. The molecule has 3 N–H and O–H groups in total. The van der Waals surface area contributed by atoms with Crippen LogP contribution in [0.5, 0.6) is 0 Å². The number of nitrogens with one attached hydrogen (secondary N) is 1. The predicted molar refractivity (Wildman–Crippen MR) is 77.0 cm³/mol. The highest BCUT2D eigenvalue weighted by Gasteiger charge is 2.29. The monoisotopic (exact) mass is 330 g/mol. The summed E-state index contributed by atoms with van der Waals surface area (Å²) in [7, 11) is 0. The minimum absolute atomic E-state index is 0.0174. The lowest BCUT2D eigenvalue weighted by Gasteiger charge is -2.31. The highest BCUT2D eigenvalue weighted by Crippen LogP contribution is 2.18. The van der Waals surface area contributed by atoms with E-state index in [4.69, 9.17) is 26.8 Å². The summed E-state index contributed by atoms with van der Waals surface area (Å²) in [4.78, 5) is 23.0. The molecule has 0 saturated carbocycles. The van der Waals surface area contributed by atoms with Crippen LogP contribution in [0.3, 0.4) is 0 Å². The molecule has 6 nitrogen and oxygen atoms in total. The number of hydrogen-bond acceptors (Lipinski definition) is 4. The van der Waals surface area contributed by atoms with Gasteiger partial charge >= 0.3 is 0 Å². The van der Waals surface area contributed by atoms with Crippen molar-refractivity contribution in [2.75, 3.05) is 19.8 Å². The maximum absolute atomic E-state index is 13.0. The van der Waals surface area contributed by atoms with Crippen molar-refractivity contribution < 1.29 is 23.5 Å². The number of benzene rings is 1. The molecule has 1 fully saturated rings. The second kappa shape index (κ2) is 7.53. The molecule has 2 atom stereocenters. The van der Waals surface area contributed by atoms with Crippen LogP contribution in [0.1, 0.15) is 16.8 Å². The van der Waals surface area contributed by atoms with Gasteiger partial charge in [0.1, 0.15) is 12.4 Å². The van der Waals surface area contributed by atoms with Gasteiger partial charge in [0, 0.05) is 6.61 Å². The largest absolute Gasteiger partial charge is 0.379 e. The minimum Gasteiger partial charge on any atom is -0.379 e. The number of primary amides is 1. The Morgan fingerprint density at radius 1 is 1.50 bits per heavy atom. The van der Waals surface area contributed by atoms with E-state index in [9.17, 15) is 14.0 Å². The zero-order valence-electron chi connectivity index (χ0n) is 11.7. The number of amides is 2. The first-order valence-corrected chi connectivity index (χ1v) is 7.08. The molecule has 0 aromatic heterocycles. The molecule has 1 aromatic rings. The van der Waals surface area contributed by atoms with Gasteiger partial charge in [0.25, 0.3) is 5.91 Å². The lowest BCUT2D eigenvalue weighted by Crippen LogP contribution is -2.51. The van der Waals surface area contributed by atoms with Crippen LogP contribution in [0.2, 0.25) is 5.02 Å². The Bertz CT molecular complexity index is 570. The van der Waals surface area contributed by atoms with Crippen molar-refractivity contribution in [3.8, 4) is 0 Å². The molecule has 0 unspecified atom stereocenters. The number of carbonyl (C=O) groups is 2. The van der Waals surface area contributed by atoms with Gasteiger partial charge in [-0.25, -0.2) is 4.39 Å². The van der Waals surface area contributed by atoms with E-state index in [0.717, 1.165) is 12.1 Å². The molecule has 1 aliphatic rings. The number of rotatable bonds is 5. The SMILES string of the molecule is NC(=O)CO[C@H]1CCOC[C@H]1NC(=O)c1ccc(F)cc1Cl. The third-order valence-electron chi connectivity index (χ3n) is 3.22. The molecule has 0 aliphatic carbocycles. The van der Waals surface area contributed by atoms with E-state index in [1.165, 1.54) is 6.07 Å². The Morgan fingerprint density at radius 2 is 2.27 bits per heavy atom. The maximum atomic E-state index is 13.0. The third-order valence-corrected chi connectivity index (χ3v) is 3.54. The van der Waals surface area contributed by atoms with Crippen molar-refractivity contribution in [2.45, 2.75) is 18.6 Å². The smallest absolute Gasteiger partial charge is 0.253 e. The summed E-state index contributed by atoms with van der Waals surface area (Å²) < 4.78 is 23.7. The van der Waals surface area contributed by atoms with Crippen molar-refractivity contribution in [1.82, 2.24) is 5.32 Å². The van der Waals surface area contributed by atoms with Crippen LogP contribution in [0, 0.1) is 5.82 Å². The first kappa shape index (κ1) is 16.7. The van der Waals surface area contributed by atoms with E-state index < -0.39 is 23.7 Å². The first-order chi connectivity index (χ1) is 10.5. The van der Waals surface area contributed by atoms with Gasteiger partial charge < -0.3 is 20.5 Å². The van der Waals surface area contributed by atoms with E-state index in [2.05, 4.69) is 5.32 Å². The zero-order chi connectivity index (χ0) is 16.1. The van der Waals surface area contributed by atoms with Gasteiger partial charge in [-0.15, -0.1) is 0 Å². The Kier molecular flexibility index (Phi) is 5.70. The number of halogens is 2. The summed E-state index contributed by atoms with van der Waals surface area (Å²) in [5.74, 6) is -1.57. The minimum atomic E-state index is -0.585. The Hall–Kier alpha value is -1.70. The molecule has 1 aromatic carbocycles. The molecule has 0 bridgehead atoms. The number of nitrogens with two attached hydrogens (primary N) is 1. The lowest BCUT2D eigenvalue weighted by molar-refractivity contribution is -0.128. The molecule has 120 valence electrons. The van der Waals surface area contributed by atoms with Crippen LogP contribution in [-0.2, 0) is 14.3 Å². The second-order valence-corrected chi connectivity index (χ2v) is 5.29. The second-order valence-electron chi connectivity index (χ2n) is 4.88. The van der Waals surface area contributed by atoms with E-state index in [1.807, 2.05) is 0 Å². The molecule has 0 radical (unpaired) electrons. The summed E-state index contributed by atoms with van der Waals surface area (Å²) in [6, 6.07) is 3.08. The maximum Gasteiger partial charge on any atom is 0.253 e. The van der Waals surface area contributed by atoms with Crippen LogP contribution >= 0.6 is 11.6 Å². The van der Waals surface area contributed by atoms with Crippen LogP contribution in [-0.4, -0.2) is 43.8 Å². The average molecular weight is 331 g/mol. The van der Waals surface area contributed by atoms with Gasteiger partial charge in [-0.2, -0.15) is 0 Å². The first-order valence-electron chi connectivity index (χ1n) is 6.71. The number of hydrogen-bond donors (Lipinski definition) is 2. The van der Waals surface area contributed by atoms with Crippen molar-refractivity contribution in [3.63, 3.8) is 0 Å². The summed E-state index contributed by atoms with van der Waals surface area (Å²) >= 11 is 5.86. The van der Waals surface area contributed by atoms with Gasteiger partial charge in [-0.1, -0.05) is 11.6 Å². The summed E-state index contributed by atoms with van der Waals surface area (Å²) in [6.45, 7) is 0.482. The topological polar surface area (TPSA) is 90.7 Å². The fourth-order valence-electron chi connectivity index (χ4n) is 2.16. The molecule has 8 heteroatoms. The van der Waals surface area contributed by atoms with Crippen LogP contribution in [0.25, 0.3) is 0 Å². The zero-order valence-corrected chi connectivity index (χ0v) is 12.4. The fraction of sp³-hybridized carbons (Fsp3) is 0.429. The predicted octanol–water partition coefficient (Wildman–Crippen LogP) is 0.868. The van der Waals surface area contributed by atoms with E-state index in [1.54, 1.807) is 0 Å². The van der Waals surface area contributed by atoms with Crippen LogP contribution in [0.4, 0.5) is 4.39 Å². The standard InChI is InChI=1S/C14H16ClFN2O4/c15-10-5-8(16)1-2-9(10)14(20)18-11-6-21-4-3-12(11)22-7-13(17)19/h1-2,5,11-12H,3-4,6-7H2,(H2,17,19)(H,18,20)/t11-,12+/m1/s1. The lowest BCUT2D eigenvalue weighted by atomic mass is 10.1. The molecule has 2 rings (SSSR count). The fourth-order valence-corrected chi connectivity index (χ4v) is 2.41. The van der Waals surface area contributed by atoms with Crippen molar-refractivity contribution >= 4 is 23.4 Å². The van der Waals surface area contributed by atoms with E-state index in [-0.39, 0.29) is 29.9 Å². The van der Waals surface area contributed by atoms with Gasteiger partial charge in [0.15, 0.2) is 0 Å². The van der Waals surface area contributed by atoms with E-state index in [0.29, 0.717) is 13.0 Å². The molecule has 1 saturated heterocycles. The van der Waals surface area contributed by atoms with Gasteiger partial charge in [0.2, 0.25) is 5.91 Å². The van der Waals surface area contributed by atoms with Crippen LogP contribution < -0.4 is 11.1 Å². The molecule has 1 heterocycles. The van der Waals surface area contributed by atoms with Gasteiger partial charge in [-0.05, 0) is 24.6 Å². The van der Waals surface area contributed by atoms with Crippen molar-refractivity contribution in [1.29, 1.82) is 0 Å². The van der Waals surface area contributed by atoms with E-state index >= 15 is 0 Å². The Morgan fingerprint density at radius 3 is 2.95 bits per heavy atom. The number of ether oxygens (including phenoxy) is 2. The average Bonchev–Trinajstić information content (AvgIpc) is 2.46. The molecular formula is C14H16ClFN2O4. The molecule has 22 heavy (non-hydrogen) atoms. The Labute approximate surface area is 131 Å².